The van der Waals surface area contributed by atoms with Crippen molar-refractivity contribution < 1.29 is 9.21 Å². The summed E-state index contributed by atoms with van der Waals surface area (Å²) in [6, 6.07) is 14.5. The molecule has 28 heavy (non-hydrogen) atoms. The number of oxazole rings is 1. The number of hydrogen-bond acceptors (Lipinski definition) is 5. The van der Waals surface area contributed by atoms with Crippen LogP contribution in [0.25, 0.3) is 10.8 Å². The lowest BCUT2D eigenvalue weighted by Gasteiger charge is -2.22. The second-order valence-corrected chi connectivity index (χ2v) is 8.12. The molecule has 5 nitrogen and oxygen atoms in total. The number of benzene rings is 1. The summed E-state index contributed by atoms with van der Waals surface area (Å²) >= 11 is 1.59. The number of aryl methyl sites for hydroxylation is 1. The number of aromatic nitrogens is 1. The van der Waals surface area contributed by atoms with E-state index < -0.39 is 0 Å². The molecular formula is C22H25N3O2S. The number of carbonyl (C=O) groups is 1. The summed E-state index contributed by atoms with van der Waals surface area (Å²) in [5.74, 6) is 1.48. The standard InChI is InChI=1S/C22H25N3O2S/c1-17-19(23-22(27-17)20-9-5-14-28-20)15-21(26)25-11-6-10-24(12-13-25)16-18-7-3-2-4-8-18/h2-5,7-9,14H,6,10-13,15-16H2,1H3. The molecule has 1 amide bonds. The molecule has 4 rings (SSSR count). The van der Waals surface area contributed by atoms with Gasteiger partial charge in [0.1, 0.15) is 5.76 Å². The first-order valence-electron chi connectivity index (χ1n) is 9.73. The molecule has 0 aliphatic carbocycles. The molecule has 1 aromatic carbocycles. The highest BCUT2D eigenvalue weighted by Gasteiger charge is 2.22. The van der Waals surface area contributed by atoms with Crippen molar-refractivity contribution in [1.29, 1.82) is 0 Å². The van der Waals surface area contributed by atoms with Crippen LogP contribution in [0.1, 0.15) is 23.4 Å². The molecule has 6 heteroatoms. The average Bonchev–Trinajstić information content (AvgIpc) is 3.29. The monoisotopic (exact) mass is 395 g/mol. The number of thiophene rings is 1. The summed E-state index contributed by atoms with van der Waals surface area (Å²) < 4.78 is 5.78. The van der Waals surface area contributed by atoms with E-state index in [1.807, 2.05) is 35.4 Å². The molecule has 0 atom stereocenters. The van der Waals surface area contributed by atoms with E-state index in [1.54, 1.807) is 11.3 Å². The Morgan fingerprint density at radius 3 is 2.75 bits per heavy atom. The van der Waals surface area contributed by atoms with Gasteiger partial charge in [0.05, 0.1) is 17.0 Å². The van der Waals surface area contributed by atoms with Crippen molar-refractivity contribution >= 4 is 17.2 Å². The predicted molar refractivity (Wildman–Crippen MR) is 111 cm³/mol. The van der Waals surface area contributed by atoms with Gasteiger partial charge in [-0.25, -0.2) is 4.98 Å². The van der Waals surface area contributed by atoms with Crippen LogP contribution < -0.4 is 0 Å². The van der Waals surface area contributed by atoms with E-state index in [0.717, 1.165) is 55.5 Å². The van der Waals surface area contributed by atoms with Crippen molar-refractivity contribution in [2.45, 2.75) is 26.3 Å². The lowest BCUT2D eigenvalue weighted by Crippen LogP contribution is -2.36. The molecule has 0 N–H and O–H groups in total. The molecule has 3 aromatic rings. The quantitative estimate of drug-likeness (QED) is 0.655. The molecule has 0 saturated carbocycles. The SMILES string of the molecule is Cc1oc(-c2cccs2)nc1CC(=O)N1CCCN(Cc2ccccc2)CC1. The van der Waals surface area contributed by atoms with Gasteiger partial charge in [-0.15, -0.1) is 11.3 Å². The fourth-order valence-electron chi connectivity index (χ4n) is 3.57. The zero-order valence-electron chi connectivity index (χ0n) is 16.1. The summed E-state index contributed by atoms with van der Waals surface area (Å²) in [5, 5.41) is 2.00. The molecule has 0 unspecified atom stereocenters. The van der Waals surface area contributed by atoms with E-state index in [9.17, 15) is 4.79 Å². The highest BCUT2D eigenvalue weighted by Crippen LogP contribution is 2.26. The Labute approximate surface area is 169 Å². The lowest BCUT2D eigenvalue weighted by molar-refractivity contribution is -0.130. The molecule has 1 saturated heterocycles. The van der Waals surface area contributed by atoms with Gasteiger partial charge in [-0.1, -0.05) is 36.4 Å². The van der Waals surface area contributed by atoms with Gasteiger partial charge in [0.2, 0.25) is 11.8 Å². The summed E-state index contributed by atoms with van der Waals surface area (Å²) in [6.07, 6.45) is 1.30. The van der Waals surface area contributed by atoms with E-state index in [2.05, 4.69) is 34.1 Å². The second kappa shape index (κ2) is 8.71. The zero-order valence-corrected chi connectivity index (χ0v) is 17.0. The van der Waals surface area contributed by atoms with E-state index in [1.165, 1.54) is 5.56 Å². The van der Waals surface area contributed by atoms with Crippen LogP contribution in [0.3, 0.4) is 0 Å². The molecule has 146 valence electrons. The molecular weight excluding hydrogens is 370 g/mol. The van der Waals surface area contributed by atoms with E-state index in [-0.39, 0.29) is 5.91 Å². The molecule has 1 aliphatic heterocycles. The maximum absolute atomic E-state index is 12.9. The van der Waals surface area contributed by atoms with Crippen LogP contribution in [-0.2, 0) is 17.8 Å². The Bertz CT molecular complexity index is 905. The van der Waals surface area contributed by atoms with Crippen LogP contribution in [0.15, 0.2) is 52.3 Å². The second-order valence-electron chi connectivity index (χ2n) is 7.17. The summed E-state index contributed by atoms with van der Waals surface area (Å²) in [7, 11) is 0. The summed E-state index contributed by atoms with van der Waals surface area (Å²) in [6.45, 7) is 6.31. The van der Waals surface area contributed by atoms with Gasteiger partial charge >= 0.3 is 0 Å². The summed E-state index contributed by atoms with van der Waals surface area (Å²) in [5.41, 5.74) is 2.07. The van der Waals surface area contributed by atoms with Crippen LogP contribution in [0.2, 0.25) is 0 Å². The van der Waals surface area contributed by atoms with Gasteiger partial charge in [-0.2, -0.15) is 0 Å². The Morgan fingerprint density at radius 1 is 1.11 bits per heavy atom. The molecule has 0 radical (unpaired) electrons. The smallest absolute Gasteiger partial charge is 0.236 e. The largest absolute Gasteiger partial charge is 0.440 e. The third kappa shape index (κ3) is 4.51. The first kappa shape index (κ1) is 18.9. The van der Waals surface area contributed by atoms with Gasteiger partial charge in [0, 0.05) is 32.7 Å². The van der Waals surface area contributed by atoms with Crippen molar-refractivity contribution in [1.82, 2.24) is 14.8 Å². The number of carbonyl (C=O) groups excluding carboxylic acids is 1. The van der Waals surface area contributed by atoms with Gasteiger partial charge in [0.25, 0.3) is 0 Å². The molecule has 1 aliphatic rings. The number of rotatable bonds is 5. The zero-order chi connectivity index (χ0) is 19.3. The number of amides is 1. The van der Waals surface area contributed by atoms with Gasteiger partial charge in [-0.3, -0.25) is 9.69 Å². The Kier molecular flexibility index (Phi) is 5.88. The molecule has 0 spiro atoms. The van der Waals surface area contributed by atoms with Crippen molar-refractivity contribution in [3.05, 3.63) is 64.9 Å². The third-order valence-electron chi connectivity index (χ3n) is 5.13. The maximum atomic E-state index is 12.9. The van der Waals surface area contributed by atoms with E-state index in [0.29, 0.717) is 12.3 Å². The summed E-state index contributed by atoms with van der Waals surface area (Å²) in [4.78, 5) is 22.8. The fraction of sp³-hybridized carbons (Fsp3) is 0.364. The Morgan fingerprint density at radius 2 is 1.96 bits per heavy atom. The maximum Gasteiger partial charge on any atom is 0.236 e. The van der Waals surface area contributed by atoms with Crippen LogP contribution in [0.5, 0.6) is 0 Å². The Balaban J connectivity index is 1.35. The highest BCUT2D eigenvalue weighted by atomic mass is 32.1. The number of hydrogen-bond donors (Lipinski definition) is 0. The average molecular weight is 396 g/mol. The minimum atomic E-state index is 0.135. The van der Waals surface area contributed by atoms with Crippen LogP contribution in [0, 0.1) is 6.92 Å². The van der Waals surface area contributed by atoms with E-state index >= 15 is 0 Å². The van der Waals surface area contributed by atoms with Crippen LogP contribution in [-0.4, -0.2) is 46.9 Å². The molecule has 2 aromatic heterocycles. The topological polar surface area (TPSA) is 49.6 Å². The minimum absolute atomic E-state index is 0.135. The predicted octanol–water partition coefficient (Wildman–Crippen LogP) is 3.99. The first-order valence-corrected chi connectivity index (χ1v) is 10.6. The van der Waals surface area contributed by atoms with Crippen molar-refractivity contribution in [2.24, 2.45) is 0 Å². The van der Waals surface area contributed by atoms with Crippen molar-refractivity contribution in [3.63, 3.8) is 0 Å². The first-order chi connectivity index (χ1) is 13.7. The lowest BCUT2D eigenvalue weighted by atomic mass is 10.2. The minimum Gasteiger partial charge on any atom is -0.440 e. The normalized spacial score (nSPS) is 15.5. The van der Waals surface area contributed by atoms with Crippen LogP contribution in [0.4, 0.5) is 0 Å². The number of nitrogens with zero attached hydrogens (tertiary/aromatic N) is 3. The third-order valence-corrected chi connectivity index (χ3v) is 5.99. The molecule has 0 bridgehead atoms. The van der Waals surface area contributed by atoms with Crippen LogP contribution >= 0.6 is 11.3 Å². The van der Waals surface area contributed by atoms with Gasteiger partial charge in [-0.05, 0) is 30.4 Å². The van der Waals surface area contributed by atoms with Crippen molar-refractivity contribution in [2.75, 3.05) is 26.2 Å². The highest BCUT2D eigenvalue weighted by molar-refractivity contribution is 7.13. The molecule has 1 fully saturated rings. The fourth-order valence-corrected chi connectivity index (χ4v) is 4.22. The van der Waals surface area contributed by atoms with Gasteiger partial charge < -0.3 is 9.32 Å². The van der Waals surface area contributed by atoms with Gasteiger partial charge in [0.15, 0.2) is 0 Å². The Hall–Kier alpha value is -2.44. The molecule has 3 heterocycles. The van der Waals surface area contributed by atoms with Crippen molar-refractivity contribution in [3.8, 4) is 10.8 Å². The van der Waals surface area contributed by atoms with E-state index in [4.69, 9.17) is 4.42 Å².